The molecule has 7 aromatic carbocycles. The van der Waals surface area contributed by atoms with Gasteiger partial charge in [-0.3, -0.25) is 4.57 Å². The van der Waals surface area contributed by atoms with Crippen molar-refractivity contribution in [1.82, 2.24) is 4.57 Å². The lowest BCUT2D eigenvalue weighted by Crippen LogP contribution is -2.14. The number of para-hydroxylation sites is 3. The molecule has 0 aliphatic carbocycles. The monoisotopic (exact) mass is 604 g/mol. The number of ether oxygens (including phenoxy) is 2. The van der Waals surface area contributed by atoms with Crippen LogP contribution in [-0.2, 0) is 0 Å². The van der Waals surface area contributed by atoms with Gasteiger partial charge in [0.1, 0.15) is 16.9 Å². The van der Waals surface area contributed by atoms with Crippen LogP contribution in [0.1, 0.15) is 0 Å². The van der Waals surface area contributed by atoms with Crippen molar-refractivity contribution in [3.63, 3.8) is 0 Å². The summed E-state index contributed by atoms with van der Waals surface area (Å²) in [6, 6.07) is 50.6. The van der Waals surface area contributed by atoms with Crippen LogP contribution in [0.25, 0.3) is 60.6 Å². The van der Waals surface area contributed by atoms with Crippen LogP contribution >= 0.6 is 0 Å². The molecular formula is C42H24N2O3. The molecule has 4 heterocycles. The molecule has 2 aliphatic heterocycles. The highest BCUT2D eigenvalue weighted by Gasteiger charge is 2.34. The second-order valence-electron chi connectivity index (χ2n) is 12.1. The summed E-state index contributed by atoms with van der Waals surface area (Å²) >= 11 is 0. The van der Waals surface area contributed by atoms with E-state index in [-0.39, 0.29) is 0 Å². The molecule has 9 aromatic rings. The minimum atomic E-state index is 0.770. The Labute approximate surface area is 269 Å². The molecule has 0 spiro atoms. The fourth-order valence-electron chi connectivity index (χ4n) is 7.49. The summed E-state index contributed by atoms with van der Waals surface area (Å²) in [5.74, 6) is 3.22. The van der Waals surface area contributed by atoms with Crippen LogP contribution in [0.4, 0.5) is 17.1 Å². The van der Waals surface area contributed by atoms with Gasteiger partial charge in [0.2, 0.25) is 0 Å². The number of nitrogens with zero attached hydrogens (tertiary/aromatic N) is 2. The largest absolute Gasteiger partial charge is 0.456 e. The molecule has 0 saturated carbocycles. The Morgan fingerprint density at radius 1 is 0.447 bits per heavy atom. The van der Waals surface area contributed by atoms with Crippen molar-refractivity contribution in [2.24, 2.45) is 0 Å². The van der Waals surface area contributed by atoms with Gasteiger partial charge in [-0.05, 0) is 77.9 Å². The van der Waals surface area contributed by atoms with E-state index in [0.29, 0.717) is 0 Å². The molecule has 0 amide bonds. The summed E-state index contributed by atoms with van der Waals surface area (Å²) in [5, 5.41) is 4.43. The van der Waals surface area contributed by atoms with Crippen LogP contribution in [-0.4, -0.2) is 4.57 Å². The van der Waals surface area contributed by atoms with Crippen LogP contribution in [0.2, 0.25) is 0 Å². The molecule has 220 valence electrons. The van der Waals surface area contributed by atoms with Crippen molar-refractivity contribution < 1.29 is 13.9 Å². The van der Waals surface area contributed by atoms with E-state index in [9.17, 15) is 0 Å². The number of rotatable bonds is 4. The van der Waals surface area contributed by atoms with Gasteiger partial charge in [-0.2, -0.15) is 0 Å². The van der Waals surface area contributed by atoms with Gasteiger partial charge in [-0.15, -0.1) is 0 Å². The zero-order chi connectivity index (χ0) is 30.6. The van der Waals surface area contributed by atoms with E-state index in [4.69, 9.17) is 13.9 Å². The average Bonchev–Trinajstić information content (AvgIpc) is 3.67. The zero-order valence-electron chi connectivity index (χ0n) is 25.0. The SMILES string of the molecule is c1ccc(-c2ccc(N(c3ccc4oc5ccccc5c4c3)c3ccc4c5cccc6c5n5c4c3Oc3cccc(c3-5)O6)cc2)cc1. The quantitative estimate of drug-likeness (QED) is 0.200. The van der Waals surface area contributed by atoms with E-state index in [1.807, 2.05) is 42.5 Å². The van der Waals surface area contributed by atoms with Gasteiger partial charge in [-0.25, -0.2) is 0 Å². The molecule has 0 fully saturated rings. The Hall–Kier alpha value is -6.46. The standard InChI is InChI=1S/C42H24N2O3/c1-2-8-25(9-3-1)26-16-18-27(19-17-26)43(28-20-23-35-32(24-28)29-10-4-5-12-34(29)45-35)33-22-21-31-30-11-6-13-36-39(30)44-40(31)42(33)47-38-15-7-14-37(46-36)41(38)44/h1-24H. The van der Waals surface area contributed by atoms with Crippen molar-refractivity contribution in [2.45, 2.75) is 0 Å². The van der Waals surface area contributed by atoms with Gasteiger partial charge in [0.25, 0.3) is 0 Å². The normalized spacial score (nSPS) is 12.6. The van der Waals surface area contributed by atoms with Gasteiger partial charge in [0, 0.05) is 32.9 Å². The van der Waals surface area contributed by atoms with E-state index in [1.165, 1.54) is 5.56 Å². The van der Waals surface area contributed by atoms with Crippen LogP contribution in [0.3, 0.4) is 0 Å². The van der Waals surface area contributed by atoms with Gasteiger partial charge >= 0.3 is 0 Å². The number of fused-ring (bicyclic) bond motifs is 4. The van der Waals surface area contributed by atoms with Crippen LogP contribution in [0.5, 0.6) is 23.0 Å². The molecule has 2 aliphatic rings. The summed E-state index contributed by atoms with van der Waals surface area (Å²) in [4.78, 5) is 2.30. The first-order valence-corrected chi connectivity index (χ1v) is 15.8. The van der Waals surface area contributed by atoms with Crippen molar-refractivity contribution in [3.8, 4) is 39.8 Å². The summed E-state index contributed by atoms with van der Waals surface area (Å²) in [7, 11) is 0. The Kier molecular flexibility index (Phi) is 4.78. The van der Waals surface area contributed by atoms with E-state index >= 15 is 0 Å². The molecule has 2 aromatic heterocycles. The fraction of sp³-hybridized carbons (Fsp3) is 0. The maximum absolute atomic E-state index is 6.92. The Bertz CT molecular complexity index is 2740. The first kappa shape index (κ1) is 24.8. The number of furan rings is 1. The summed E-state index contributed by atoms with van der Waals surface area (Å²) in [6.45, 7) is 0. The van der Waals surface area contributed by atoms with Gasteiger partial charge in [0.15, 0.2) is 23.0 Å². The molecule has 0 atom stereocenters. The lowest BCUT2D eigenvalue weighted by atomic mass is 10.0. The number of benzene rings is 7. The summed E-state index contributed by atoms with van der Waals surface area (Å²) in [5.41, 5.74) is 10.1. The van der Waals surface area contributed by atoms with E-state index in [2.05, 4.69) is 113 Å². The van der Waals surface area contributed by atoms with Crippen LogP contribution in [0, 0.1) is 0 Å². The van der Waals surface area contributed by atoms with Crippen molar-refractivity contribution in [3.05, 3.63) is 146 Å². The summed E-state index contributed by atoms with van der Waals surface area (Å²) in [6.07, 6.45) is 0. The second kappa shape index (κ2) is 9.05. The Balaban J connectivity index is 1.20. The number of hydrogen-bond donors (Lipinski definition) is 0. The lowest BCUT2D eigenvalue weighted by molar-refractivity contribution is 0.444. The third-order valence-electron chi connectivity index (χ3n) is 9.56. The van der Waals surface area contributed by atoms with Crippen molar-refractivity contribution in [1.29, 1.82) is 0 Å². The van der Waals surface area contributed by atoms with Gasteiger partial charge < -0.3 is 18.8 Å². The third kappa shape index (κ3) is 3.37. The maximum atomic E-state index is 6.92. The highest BCUT2D eigenvalue weighted by Crippen LogP contribution is 2.57. The molecule has 0 unspecified atom stereocenters. The van der Waals surface area contributed by atoms with E-state index in [0.717, 1.165) is 95.1 Å². The van der Waals surface area contributed by atoms with E-state index in [1.54, 1.807) is 0 Å². The van der Waals surface area contributed by atoms with Crippen molar-refractivity contribution >= 4 is 60.8 Å². The molecule has 0 radical (unpaired) electrons. The molecule has 0 N–H and O–H groups in total. The van der Waals surface area contributed by atoms with Crippen LogP contribution in [0.15, 0.2) is 150 Å². The van der Waals surface area contributed by atoms with Crippen molar-refractivity contribution in [2.75, 3.05) is 4.90 Å². The number of aromatic nitrogens is 1. The Morgan fingerprint density at radius 3 is 2.02 bits per heavy atom. The second-order valence-corrected chi connectivity index (χ2v) is 12.1. The number of anilines is 3. The van der Waals surface area contributed by atoms with Crippen LogP contribution < -0.4 is 14.4 Å². The minimum Gasteiger partial charge on any atom is -0.456 e. The molecular weight excluding hydrogens is 580 g/mol. The average molecular weight is 605 g/mol. The van der Waals surface area contributed by atoms with Gasteiger partial charge in [0.05, 0.1) is 16.7 Å². The Morgan fingerprint density at radius 2 is 1.13 bits per heavy atom. The molecule has 5 heteroatoms. The fourth-order valence-corrected chi connectivity index (χ4v) is 7.49. The minimum absolute atomic E-state index is 0.770. The third-order valence-corrected chi connectivity index (χ3v) is 9.56. The maximum Gasteiger partial charge on any atom is 0.176 e. The smallest absolute Gasteiger partial charge is 0.176 e. The first-order valence-electron chi connectivity index (χ1n) is 15.8. The summed E-state index contributed by atoms with van der Waals surface area (Å²) < 4.78 is 21.9. The predicted molar refractivity (Wildman–Crippen MR) is 188 cm³/mol. The van der Waals surface area contributed by atoms with Gasteiger partial charge in [-0.1, -0.05) is 78.9 Å². The molecule has 0 bridgehead atoms. The molecule has 5 nitrogen and oxygen atoms in total. The van der Waals surface area contributed by atoms with E-state index < -0.39 is 0 Å². The topological polar surface area (TPSA) is 39.8 Å². The highest BCUT2D eigenvalue weighted by molar-refractivity contribution is 6.16. The number of hydrogen-bond acceptors (Lipinski definition) is 4. The zero-order valence-corrected chi connectivity index (χ0v) is 25.0. The molecule has 11 rings (SSSR count). The lowest BCUT2D eigenvalue weighted by Gasteiger charge is -2.31. The molecule has 47 heavy (non-hydrogen) atoms. The molecule has 0 saturated heterocycles. The predicted octanol–water partition coefficient (Wildman–Crippen LogP) is 12.0. The first-order chi connectivity index (χ1) is 23.3. The highest BCUT2D eigenvalue weighted by atomic mass is 16.5.